The normalized spacial score (nSPS) is 13.5. The third-order valence-electron chi connectivity index (χ3n) is 5.83. The van der Waals surface area contributed by atoms with E-state index in [1.54, 1.807) is 0 Å². The highest BCUT2D eigenvalue weighted by molar-refractivity contribution is 5.88. The molecular formula is C24H27N5. The van der Waals surface area contributed by atoms with Gasteiger partial charge in [-0.25, -0.2) is 4.98 Å². The summed E-state index contributed by atoms with van der Waals surface area (Å²) in [5.41, 5.74) is 9.00. The van der Waals surface area contributed by atoms with E-state index < -0.39 is 0 Å². The van der Waals surface area contributed by atoms with Crippen LogP contribution in [0.25, 0.3) is 33.5 Å². The number of aromatic nitrogens is 5. The molecule has 0 saturated heterocycles. The molecule has 0 radical (unpaired) electrons. The molecule has 1 aliphatic rings. The first-order valence-electron chi connectivity index (χ1n) is 10.6. The van der Waals surface area contributed by atoms with Crippen molar-refractivity contribution in [3.05, 3.63) is 54.1 Å². The van der Waals surface area contributed by atoms with Crippen molar-refractivity contribution in [3.63, 3.8) is 0 Å². The van der Waals surface area contributed by atoms with Crippen LogP contribution in [-0.4, -0.2) is 24.3 Å². The molecule has 0 amide bonds. The minimum atomic E-state index is 0.675. The smallest absolute Gasteiger partial charge is 0.119 e. The molecule has 0 N–H and O–H groups in total. The molecule has 4 aromatic rings. The van der Waals surface area contributed by atoms with Gasteiger partial charge in [-0.15, -0.1) is 0 Å². The van der Waals surface area contributed by atoms with Gasteiger partial charge in [0.2, 0.25) is 0 Å². The molecule has 5 nitrogen and oxygen atoms in total. The van der Waals surface area contributed by atoms with Crippen molar-refractivity contribution >= 4 is 11.0 Å². The zero-order valence-electron chi connectivity index (χ0n) is 17.4. The summed E-state index contributed by atoms with van der Waals surface area (Å²) in [5.74, 6) is 0.675. The number of aryl methyl sites for hydroxylation is 3. The first-order chi connectivity index (χ1) is 14.1. The Labute approximate surface area is 171 Å². The molecule has 1 aliphatic heterocycles. The van der Waals surface area contributed by atoms with E-state index in [1.807, 2.05) is 19.3 Å². The van der Waals surface area contributed by atoms with E-state index in [0.717, 1.165) is 55.0 Å². The Morgan fingerprint density at radius 1 is 1.14 bits per heavy atom. The lowest BCUT2D eigenvalue weighted by atomic mass is 9.99. The first-order valence-corrected chi connectivity index (χ1v) is 10.6. The number of nitrogens with zero attached hydrogens (tertiary/aromatic N) is 5. The Hall–Kier alpha value is -2.95. The molecule has 0 bridgehead atoms. The van der Waals surface area contributed by atoms with Crippen molar-refractivity contribution in [2.24, 2.45) is 5.92 Å². The van der Waals surface area contributed by atoms with Crippen LogP contribution >= 0.6 is 0 Å². The fourth-order valence-corrected chi connectivity index (χ4v) is 4.28. The van der Waals surface area contributed by atoms with E-state index in [9.17, 15) is 0 Å². The van der Waals surface area contributed by atoms with E-state index in [0.29, 0.717) is 5.92 Å². The van der Waals surface area contributed by atoms with Crippen LogP contribution < -0.4 is 0 Å². The molecule has 0 atom stereocenters. The Balaban J connectivity index is 1.65. The van der Waals surface area contributed by atoms with Gasteiger partial charge in [0, 0.05) is 30.0 Å². The molecule has 0 unspecified atom stereocenters. The molecule has 3 aromatic heterocycles. The summed E-state index contributed by atoms with van der Waals surface area (Å²) in [6, 6.07) is 12.8. The Morgan fingerprint density at radius 2 is 2.03 bits per heavy atom. The summed E-state index contributed by atoms with van der Waals surface area (Å²) in [6.45, 7) is 8.55. The summed E-state index contributed by atoms with van der Waals surface area (Å²) < 4.78 is 4.46. The molecule has 0 saturated carbocycles. The van der Waals surface area contributed by atoms with Crippen LogP contribution in [0.4, 0.5) is 0 Å². The maximum Gasteiger partial charge on any atom is 0.119 e. The second-order valence-corrected chi connectivity index (χ2v) is 8.49. The SMILES string of the molecule is Cc1cccc(-c2nn3c(c2-c2ccc4ncn(CCC(C)C)c4c2)CCC3)n1. The van der Waals surface area contributed by atoms with Gasteiger partial charge in [0.15, 0.2) is 0 Å². The lowest BCUT2D eigenvalue weighted by molar-refractivity contribution is 0.523. The number of rotatable bonds is 5. The van der Waals surface area contributed by atoms with Crippen LogP contribution in [0.15, 0.2) is 42.7 Å². The highest BCUT2D eigenvalue weighted by Crippen LogP contribution is 2.38. The molecule has 1 aromatic carbocycles. The van der Waals surface area contributed by atoms with Crippen molar-refractivity contribution in [3.8, 4) is 22.5 Å². The van der Waals surface area contributed by atoms with Gasteiger partial charge in [0.05, 0.1) is 23.1 Å². The highest BCUT2D eigenvalue weighted by Gasteiger charge is 2.25. The topological polar surface area (TPSA) is 48.5 Å². The molecule has 4 heterocycles. The van der Waals surface area contributed by atoms with Gasteiger partial charge in [0.25, 0.3) is 0 Å². The van der Waals surface area contributed by atoms with Crippen molar-refractivity contribution in [1.29, 1.82) is 0 Å². The minimum Gasteiger partial charge on any atom is -0.331 e. The lowest BCUT2D eigenvalue weighted by Crippen LogP contribution is -2.00. The number of pyridine rings is 1. The third-order valence-corrected chi connectivity index (χ3v) is 5.83. The summed E-state index contributed by atoms with van der Waals surface area (Å²) in [6.07, 6.45) is 5.35. The number of imidazole rings is 1. The lowest BCUT2D eigenvalue weighted by Gasteiger charge is -2.09. The molecular weight excluding hydrogens is 358 g/mol. The van der Waals surface area contributed by atoms with Gasteiger partial charge in [-0.1, -0.05) is 26.0 Å². The molecule has 0 fully saturated rings. The van der Waals surface area contributed by atoms with Crippen molar-refractivity contribution in [2.75, 3.05) is 0 Å². The summed E-state index contributed by atoms with van der Waals surface area (Å²) >= 11 is 0. The molecule has 0 spiro atoms. The summed E-state index contributed by atoms with van der Waals surface area (Å²) in [7, 11) is 0. The van der Waals surface area contributed by atoms with Gasteiger partial charge in [-0.05, 0) is 61.9 Å². The largest absolute Gasteiger partial charge is 0.331 e. The Kier molecular flexibility index (Phi) is 4.46. The number of hydrogen-bond donors (Lipinski definition) is 0. The predicted molar refractivity (Wildman–Crippen MR) is 117 cm³/mol. The number of hydrogen-bond acceptors (Lipinski definition) is 3. The van der Waals surface area contributed by atoms with E-state index in [2.05, 4.69) is 58.4 Å². The van der Waals surface area contributed by atoms with Gasteiger partial charge in [-0.2, -0.15) is 5.10 Å². The maximum atomic E-state index is 4.96. The van der Waals surface area contributed by atoms with Crippen molar-refractivity contribution in [1.82, 2.24) is 24.3 Å². The molecule has 29 heavy (non-hydrogen) atoms. The zero-order chi connectivity index (χ0) is 20.0. The van der Waals surface area contributed by atoms with Crippen LogP contribution in [0.3, 0.4) is 0 Å². The monoisotopic (exact) mass is 385 g/mol. The second kappa shape index (κ2) is 7.14. The number of benzene rings is 1. The van der Waals surface area contributed by atoms with Crippen molar-refractivity contribution in [2.45, 2.75) is 53.1 Å². The average Bonchev–Trinajstić information content (AvgIpc) is 3.40. The second-order valence-electron chi connectivity index (χ2n) is 8.49. The molecule has 5 heteroatoms. The van der Waals surface area contributed by atoms with Gasteiger partial charge in [-0.3, -0.25) is 9.67 Å². The Bertz CT molecular complexity index is 1180. The van der Waals surface area contributed by atoms with Gasteiger partial charge < -0.3 is 4.57 Å². The van der Waals surface area contributed by atoms with E-state index in [-0.39, 0.29) is 0 Å². The standard InChI is InChI=1S/C24H27N5/c1-16(2)11-13-28-15-25-19-10-9-18(14-22(19)28)23-21-8-5-12-29(21)27-24(23)20-7-4-6-17(3)26-20/h4,6-7,9-10,14-16H,5,8,11-13H2,1-3H3. The maximum absolute atomic E-state index is 4.96. The van der Waals surface area contributed by atoms with Gasteiger partial charge in [0.1, 0.15) is 5.69 Å². The number of fused-ring (bicyclic) bond motifs is 2. The molecule has 0 aliphatic carbocycles. The van der Waals surface area contributed by atoms with Gasteiger partial charge >= 0.3 is 0 Å². The Morgan fingerprint density at radius 3 is 2.86 bits per heavy atom. The average molecular weight is 386 g/mol. The van der Waals surface area contributed by atoms with Crippen LogP contribution in [0.5, 0.6) is 0 Å². The van der Waals surface area contributed by atoms with Crippen LogP contribution in [-0.2, 0) is 19.5 Å². The zero-order valence-corrected chi connectivity index (χ0v) is 17.4. The van der Waals surface area contributed by atoms with E-state index in [1.165, 1.54) is 22.3 Å². The van der Waals surface area contributed by atoms with E-state index in [4.69, 9.17) is 10.1 Å². The fourth-order valence-electron chi connectivity index (χ4n) is 4.28. The first kappa shape index (κ1) is 18.1. The predicted octanol–water partition coefficient (Wildman–Crippen LogP) is 5.26. The summed E-state index contributed by atoms with van der Waals surface area (Å²) in [4.78, 5) is 9.38. The van der Waals surface area contributed by atoms with E-state index >= 15 is 0 Å². The van der Waals surface area contributed by atoms with Crippen LogP contribution in [0, 0.1) is 12.8 Å². The van der Waals surface area contributed by atoms with Crippen LogP contribution in [0.2, 0.25) is 0 Å². The third kappa shape index (κ3) is 3.24. The highest BCUT2D eigenvalue weighted by atomic mass is 15.3. The molecule has 148 valence electrons. The van der Waals surface area contributed by atoms with Crippen molar-refractivity contribution < 1.29 is 0 Å². The fraction of sp³-hybridized carbons (Fsp3) is 0.375. The van der Waals surface area contributed by atoms with Crippen LogP contribution in [0.1, 0.15) is 38.1 Å². The quantitative estimate of drug-likeness (QED) is 0.471. The minimum absolute atomic E-state index is 0.675. The molecule has 5 rings (SSSR count). The summed E-state index contributed by atoms with van der Waals surface area (Å²) in [5, 5.41) is 4.96.